The van der Waals surface area contributed by atoms with Crippen LogP contribution in [0.3, 0.4) is 0 Å². The number of halogens is 2. The first-order valence-electron chi connectivity index (χ1n) is 4.26. The van der Waals surface area contributed by atoms with Crippen LogP contribution < -0.4 is 0 Å². The van der Waals surface area contributed by atoms with Gasteiger partial charge < -0.3 is 5.11 Å². The third kappa shape index (κ3) is 1.32. The Morgan fingerprint density at radius 3 is 2.57 bits per heavy atom. The van der Waals surface area contributed by atoms with Gasteiger partial charge in [0.05, 0.1) is 5.41 Å². The molecule has 2 nitrogen and oxygen atoms in total. The van der Waals surface area contributed by atoms with Crippen LogP contribution in [0, 0.1) is 9.39 Å². The molecular formula is C10H8FIO2. The maximum atomic E-state index is 13.5. The van der Waals surface area contributed by atoms with Gasteiger partial charge in [0.2, 0.25) is 0 Å². The van der Waals surface area contributed by atoms with Crippen LogP contribution in [0.2, 0.25) is 0 Å². The molecule has 0 amide bonds. The Balaban J connectivity index is 2.56. The quantitative estimate of drug-likeness (QED) is 0.853. The summed E-state index contributed by atoms with van der Waals surface area (Å²) in [6, 6.07) is 4.65. The minimum Gasteiger partial charge on any atom is -0.481 e. The number of hydrogen-bond acceptors (Lipinski definition) is 1. The minimum atomic E-state index is -0.943. The second-order valence-electron chi connectivity index (χ2n) is 3.48. The van der Waals surface area contributed by atoms with Gasteiger partial charge >= 0.3 is 5.97 Å². The first-order valence-corrected chi connectivity index (χ1v) is 5.34. The summed E-state index contributed by atoms with van der Waals surface area (Å²) in [4.78, 5) is 11.0. The molecule has 1 aromatic carbocycles. The first kappa shape index (κ1) is 9.89. The third-order valence-corrected chi connectivity index (χ3v) is 3.50. The second kappa shape index (κ2) is 3.18. The molecule has 1 N–H and O–H groups in total. The van der Waals surface area contributed by atoms with Crippen molar-refractivity contribution in [1.29, 1.82) is 0 Å². The molecule has 14 heavy (non-hydrogen) atoms. The van der Waals surface area contributed by atoms with Crippen LogP contribution in [0.1, 0.15) is 18.4 Å². The average molecular weight is 306 g/mol. The Hall–Kier alpha value is -0.650. The van der Waals surface area contributed by atoms with E-state index in [0.29, 0.717) is 22.0 Å². The van der Waals surface area contributed by atoms with Gasteiger partial charge in [0.25, 0.3) is 0 Å². The molecule has 0 heterocycles. The SMILES string of the molecule is O=C(O)C1(c2c(F)cccc2I)CC1. The molecule has 1 aliphatic carbocycles. The molecule has 0 bridgehead atoms. The number of benzene rings is 1. The molecule has 2 rings (SSSR count). The van der Waals surface area contributed by atoms with E-state index in [-0.39, 0.29) is 0 Å². The molecule has 0 spiro atoms. The van der Waals surface area contributed by atoms with E-state index in [2.05, 4.69) is 0 Å². The smallest absolute Gasteiger partial charge is 0.314 e. The lowest BCUT2D eigenvalue weighted by molar-refractivity contribution is -0.140. The lowest BCUT2D eigenvalue weighted by Gasteiger charge is -2.12. The van der Waals surface area contributed by atoms with Crippen molar-refractivity contribution in [2.75, 3.05) is 0 Å². The highest BCUT2D eigenvalue weighted by atomic mass is 127. The van der Waals surface area contributed by atoms with E-state index in [1.165, 1.54) is 6.07 Å². The van der Waals surface area contributed by atoms with E-state index < -0.39 is 17.2 Å². The highest BCUT2D eigenvalue weighted by molar-refractivity contribution is 14.1. The maximum Gasteiger partial charge on any atom is 0.314 e. The monoisotopic (exact) mass is 306 g/mol. The molecule has 1 aliphatic rings. The fraction of sp³-hybridized carbons (Fsp3) is 0.300. The van der Waals surface area contributed by atoms with Gasteiger partial charge in [-0.2, -0.15) is 0 Å². The number of carbonyl (C=O) groups is 1. The Morgan fingerprint density at radius 2 is 2.14 bits per heavy atom. The van der Waals surface area contributed by atoms with E-state index in [1.807, 2.05) is 22.6 Å². The van der Waals surface area contributed by atoms with Gasteiger partial charge in [-0.1, -0.05) is 6.07 Å². The van der Waals surface area contributed by atoms with Crippen molar-refractivity contribution in [3.8, 4) is 0 Å². The Bertz CT molecular complexity index is 379. The topological polar surface area (TPSA) is 37.3 Å². The lowest BCUT2D eigenvalue weighted by Crippen LogP contribution is -2.22. The van der Waals surface area contributed by atoms with Gasteiger partial charge in [-0.25, -0.2) is 4.39 Å². The number of carboxylic acids is 1. The normalized spacial score (nSPS) is 17.9. The van der Waals surface area contributed by atoms with Crippen LogP contribution in [0.15, 0.2) is 18.2 Å². The van der Waals surface area contributed by atoms with Crippen molar-refractivity contribution < 1.29 is 14.3 Å². The Kier molecular flexibility index (Phi) is 2.25. The second-order valence-corrected chi connectivity index (χ2v) is 4.65. The van der Waals surface area contributed by atoms with Crippen molar-refractivity contribution in [3.05, 3.63) is 33.1 Å². The number of hydrogen-bond donors (Lipinski definition) is 1. The van der Waals surface area contributed by atoms with E-state index in [9.17, 15) is 9.18 Å². The molecule has 1 aromatic rings. The van der Waals surface area contributed by atoms with Crippen molar-refractivity contribution in [2.24, 2.45) is 0 Å². The summed E-state index contributed by atoms with van der Waals surface area (Å²) in [7, 11) is 0. The molecule has 0 unspecified atom stereocenters. The highest BCUT2D eigenvalue weighted by Crippen LogP contribution is 2.50. The summed E-state index contributed by atoms with van der Waals surface area (Å²) in [5.41, 5.74) is -0.588. The van der Waals surface area contributed by atoms with Crippen LogP contribution in [0.4, 0.5) is 4.39 Å². The predicted molar refractivity (Wildman–Crippen MR) is 57.7 cm³/mol. The number of carboxylic acid groups (broad SMARTS) is 1. The zero-order chi connectivity index (χ0) is 10.3. The highest BCUT2D eigenvalue weighted by Gasteiger charge is 2.54. The van der Waals surface area contributed by atoms with E-state index >= 15 is 0 Å². The summed E-state index contributed by atoms with van der Waals surface area (Å²) in [5, 5.41) is 9.04. The minimum absolute atomic E-state index is 0.355. The molecule has 4 heteroatoms. The summed E-state index contributed by atoms with van der Waals surface area (Å²) < 4.78 is 14.2. The molecule has 1 saturated carbocycles. The van der Waals surface area contributed by atoms with Crippen LogP contribution >= 0.6 is 22.6 Å². The van der Waals surface area contributed by atoms with Crippen molar-refractivity contribution in [2.45, 2.75) is 18.3 Å². The zero-order valence-electron chi connectivity index (χ0n) is 7.26. The number of rotatable bonds is 2. The van der Waals surface area contributed by atoms with Gasteiger partial charge in [0.1, 0.15) is 5.82 Å². The average Bonchev–Trinajstić information content (AvgIpc) is 2.85. The molecular weight excluding hydrogens is 298 g/mol. The number of aliphatic carboxylic acids is 1. The summed E-state index contributed by atoms with van der Waals surface area (Å²) in [5.74, 6) is -1.32. The molecule has 0 saturated heterocycles. The van der Waals surface area contributed by atoms with Gasteiger partial charge in [0, 0.05) is 9.13 Å². The van der Waals surface area contributed by atoms with Gasteiger partial charge in [-0.05, 0) is 47.6 Å². The van der Waals surface area contributed by atoms with Crippen LogP contribution in [0.5, 0.6) is 0 Å². The summed E-state index contributed by atoms with van der Waals surface area (Å²) in [6.07, 6.45) is 1.08. The van der Waals surface area contributed by atoms with E-state index in [4.69, 9.17) is 5.11 Å². The molecule has 0 aliphatic heterocycles. The van der Waals surface area contributed by atoms with Crippen LogP contribution in [-0.2, 0) is 10.2 Å². The molecule has 0 atom stereocenters. The van der Waals surface area contributed by atoms with Crippen molar-refractivity contribution >= 4 is 28.6 Å². The summed E-state index contributed by atoms with van der Waals surface area (Å²) in [6.45, 7) is 0. The van der Waals surface area contributed by atoms with Crippen molar-refractivity contribution in [1.82, 2.24) is 0 Å². The maximum absolute atomic E-state index is 13.5. The Morgan fingerprint density at radius 1 is 1.50 bits per heavy atom. The van der Waals surface area contributed by atoms with Crippen LogP contribution in [-0.4, -0.2) is 11.1 Å². The lowest BCUT2D eigenvalue weighted by atomic mass is 9.96. The molecule has 74 valence electrons. The molecule has 0 radical (unpaired) electrons. The first-order chi connectivity index (χ1) is 6.58. The van der Waals surface area contributed by atoms with Gasteiger partial charge in [-0.15, -0.1) is 0 Å². The predicted octanol–water partition coefficient (Wildman–Crippen LogP) is 2.55. The van der Waals surface area contributed by atoms with E-state index in [0.717, 1.165) is 0 Å². The third-order valence-electron chi connectivity index (χ3n) is 2.60. The van der Waals surface area contributed by atoms with Crippen molar-refractivity contribution in [3.63, 3.8) is 0 Å². The zero-order valence-corrected chi connectivity index (χ0v) is 9.42. The molecule has 0 aromatic heterocycles. The molecule has 1 fully saturated rings. The van der Waals surface area contributed by atoms with E-state index in [1.54, 1.807) is 12.1 Å². The standard InChI is InChI=1S/C10H8FIO2/c11-6-2-1-3-7(12)8(6)10(4-5-10)9(13)14/h1-3H,4-5H2,(H,13,14). The van der Waals surface area contributed by atoms with Gasteiger partial charge in [0.15, 0.2) is 0 Å². The Labute approximate surface area is 94.3 Å². The van der Waals surface area contributed by atoms with Crippen LogP contribution in [0.25, 0.3) is 0 Å². The fourth-order valence-corrected chi connectivity index (χ4v) is 2.63. The fourth-order valence-electron chi connectivity index (χ4n) is 1.65. The van der Waals surface area contributed by atoms with Gasteiger partial charge in [-0.3, -0.25) is 4.79 Å². The largest absolute Gasteiger partial charge is 0.481 e. The summed E-state index contributed by atoms with van der Waals surface area (Å²) >= 11 is 1.98.